The molecule has 0 spiro atoms. The van der Waals surface area contributed by atoms with Gasteiger partial charge < -0.3 is 10.1 Å². The molecule has 2 unspecified atom stereocenters. The van der Waals surface area contributed by atoms with E-state index in [1.807, 2.05) is 25.1 Å². The quantitative estimate of drug-likeness (QED) is 0.439. The van der Waals surface area contributed by atoms with Gasteiger partial charge in [0.1, 0.15) is 17.8 Å². The van der Waals surface area contributed by atoms with Crippen LogP contribution in [0, 0.1) is 24.7 Å². The monoisotopic (exact) mass is 534 g/mol. The van der Waals surface area contributed by atoms with E-state index in [1.54, 1.807) is 0 Å². The van der Waals surface area contributed by atoms with Gasteiger partial charge in [0, 0.05) is 67.1 Å². The zero-order valence-electron chi connectivity index (χ0n) is 22.4. The summed E-state index contributed by atoms with van der Waals surface area (Å²) in [7, 11) is 1.93. The second kappa shape index (κ2) is 10.4. The number of hydrogen-bond donors (Lipinski definition) is 1. The lowest BCUT2D eigenvalue weighted by atomic mass is 9.54. The van der Waals surface area contributed by atoms with E-state index >= 15 is 0 Å². The number of alkyl halides is 2. The second-order valence-corrected chi connectivity index (χ2v) is 10.4. The summed E-state index contributed by atoms with van der Waals surface area (Å²) in [6.45, 7) is 7.05. The highest BCUT2D eigenvalue weighted by atomic mass is 19.3. The number of amides is 1. The molecule has 1 aromatic carbocycles. The van der Waals surface area contributed by atoms with E-state index in [0.717, 1.165) is 43.3 Å². The van der Waals surface area contributed by atoms with E-state index in [-0.39, 0.29) is 29.0 Å². The number of hydrogen-bond acceptors (Lipinski definition) is 6. The predicted molar refractivity (Wildman–Crippen MR) is 145 cm³/mol. The molecular weight excluding hydrogens is 502 g/mol. The first-order valence-electron chi connectivity index (χ1n) is 13.1. The van der Waals surface area contributed by atoms with Crippen molar-refractivity contribution in [2.24, 2.45) is 17.8 Å². The second-order valence-electron chi connectivity index (χ2n) is 10.4. The number of nitrogens with zero attached hydrogens (tertiary/aromatic N) is 3. The molecule has 204 valence electrons. The van der Waals surface area contributed by atoms with E-state index in [2.05, 4.69) is 41.5 Å². The smallest absolute Gasteiger partial charge is 0.286 e. The lowest BCUT2D eigenvalue weighted by Gasteiger charge is -2.52. The molecule has 2 aliphatic heterocycles. The third-order valence-corrected chi connectivity index (χ3v) is 8.06. The van der Waals surface area contributed by atoms with Gasteiger partial charge in [-0.1, -0.05) is 6.07 Å². The summed E-state index contributed by atoms with van der Waals surface area (Å²) >= 11 is 0. The molecule has 4 heterocycles. The molecular formula is C30H32F2N4O3. The van der Waals surface area contributed by atoms with Crippen molar-refractivity contribution >= 4 is 23.7 Å². The number of aldehydes is 1. The number of nitrogens with one attached hydrogen (secondary N) is 1. The van der Waals surface area contributed by atoms with Gasteiger partial charge in [-0.3, -0.25) is 19.5 Å². The Morgan fingerprint density at radius 1 is 1.13 bits per heavy atom. The van der Waals surface area contributed by atoms with E-state index in [1.165, 1.54) is 29.0 Å². The molecule has 4 atom stereocenters. The highest BCUT2D eigenvalue weighted by Crippen LogP contribution is 2.60. The van der Waals surface area contributed by atoms with Gasteiger partial charge in [0.2, 0.25) is 5.91 Å². The average Bonchev–Trinajstić information content (AvgIpc) is 3.33. The standard InChI is InChI=1S/C22H25N3O2.C8H7F2NO/c1-4-25-21-16(19-17-10-27-11-18(17)20(19)22(25)26)7-13(9-24-21)15-8-14(23-3)6-5-12(15)2;1-8(9,10)7-4-6(5-12)2-3-11-7/h5-9,17-20,23H,4,10-11H2,1-3H3;2-5H,1H3/t17-,18+,19?,20?;/m1./s1. The zero-order chi connectivity index (χ0) is 27.9. The Kier molecular flexibility index (Phi) is 7.20. The normalized spacial score (nSPS) is 23.0. The minimum absolute atomic E-state index is 0.0618. The van der Waals surface area contributed by atoms with Gasteiger partial charge in [0.05, 0.1) is 19.1 Å². The van der Waals surface area contributed by atoms with Crippen LogP contribution in [0.3, 0.4) is 0 Å². The number of ether oxygens (including phenoxy) is 1. The maximum atomic E-state index is 13.0. The van der Waals surface area contributed by atoms with Crippen molar-refractivity contribution in [2.45, 2.75) is 32.6 Å². The first kappa shape index (κ1) is 26.9. The summed E-state index contributed by atoms with van der Waals surface area (Å²) in [5.74, 6) is -0.759. The van der Waals surface area contributed by atoms with Crippen molar-refractivity contribution in [3.05, 3.63) is 71.2 Å². The van der Waals surface area contributed by atoms with Gasteiger partial charge in [-0.25, -0.2) is 4.98 Å². The van der Waals surface area contributed by atoms with Gasteiger partial charge >= 0.3 is 0 Å². The fourth-order valence-electron chi connectivity index (χ4n) is 6.01. The van der Waals surface area contributed by atoms with E-state index in [9.17, 15) is 18.4 Å². The summed E-state index contributed by atoms with van der Waals surface area (Å²) in [4.78, 5) is 33.3. The van der Waals surface area contributed by atoms with Gasteiger partial charge in [-0.15, -0.1) is 0 Å². The summed E-state index contributed by atoms with van der Waals surface area (Å²) < 4.78 is 30.9. The van der Waals surface area contributed by atoms with Crippen molar-refractivity contribution < 1.29 is 23.1 Å². The molecule has 7 nitrogen and oxygen atoms in total. The average molecular weight is 535 g/mol. The van der Waals surface area contributed by atoms with Crippen LogP contribution in [-0.4, -0.2) is 49.0 Å². The van der Waals surface area contributed by atoms with Crippen LogP contribution in [-0.2, 0) is 15.5 Å². The first-order chi connectivity index (χ1) is 18.7. The highest BCUT2D eigenvalue weighted by Gasteiger charge is 2.60. The zero-order valence-corrected chi connectivity index (χ0v) is 22.4. The largest absolute Gasteiger partial charge is 0.388 e. The summed E-state index contributed by atoms with van der Waals surface area (Å²) in [5.41, 5.74) is 5.67. The number of fused-ring (bicyclic) bond motifs is 6. The number of benzene rings is 1. The third-order valence-electron chi connectivity index (χ3n) is 8.06. The topological polar surface area (TPSA) is 84.4 Å². The summed E-state index contributed by atoms with van der Waals surface area (Å²) in [6, 6.07) is 11.1. The number of aromatic nitrogens is 2. The van der Waals surface area contributed by atoms with Crippen LogP contribution in [0.4, 0.5) is 20.3 Å². The number of halogens is 2. The van der Waals surface area contributed by atoms with E-state index in [4.69, 9.17) is 9.72 Å². The molecule has 0 bridgehead atoms. The molecule has 3 aromatic rings. The lowest BCUT2D eigenvalue weighted by molar-refractivity contribution is -0.132. The Bertz CT molecular complexity index is 1410. The van der Waals surface area contributed by atoms with Gasteiger partial charge in [-0.05, 0) is 61.2 Å². The molecule has 6 rings (SSSR count). The molecule has 3 aliphatic rings. The summed E-state index contributed by atoms with van der Waals surface area (Å²) in [6.07, 6.45) is 3.62. The molecule has 39 heavy (non-hydrogen) atoms. The lowest BCUT2D eigenvalue weighted by Crippen LogP contribution is -2.57. The van der Waals surface area contributed by atoms with Gasteiger partial charge in [0.25, 0.3) is 5.92 Å². The molecule has 1 saturated carbocycles. The summed E-state index contributed by atoms with van der Waals surface area (Å²) in [5, 5.41) is 3.22. The van der Waals surface area contributed by atoms with Crippen LogP contribution in [0.25, 0.3) is 11.1 Å². The molecule has 2 aromatic heterocycles. The fraction of sp³-hybridized carbons (Fsp3) is 0.400. The molecule has 0 radical (unpaired) electrons. The van der Waals surface area contributed by atoms with Crippen LogP contribution in [0.5, 0.6) is 0 Å². The van der Waals surface area contributed by atoms with E-state index in [0.29, 0.717) is 24.7 Å². The number of anilines is 2. The molecule has 2 fully saturated rings. The highest BCUT2D eigenvalue weighted by molar-refractivity contribution is 5.99. The SMILES string of the molecule is CC(F)(F)c1cc(C=O)ccn1.CCN1C(=O)C2C(c3cc(-c4cc(NC)ccc4C)cnc31)[C@@H]1COC[C@H]21. The minimum Gasteiger partial charge on any atom is -0.388 e. The van der Waals surface area contributed by atoms with Crippen LogP contribution < -0.4 is 10.2 Å². The third kappa shape index (κ3) is 4.80. The van der Waals surface area contributed by atoms with Crippen LogP contribution in [0.2, 0.25) is 0 Å². The Morgan fingerprint density at radius 3 is 2.54 bits per heavy atom. The minimum atomic E-state index is -2.99. The Labute approximate surface area is 226 Å². The number of aryl methyl sites for hydroxylation is 1. The fourth-order valence-corrected chi connectivity index (χ4v) is 6.01. The maximum Gasteiger partial charge on any atom is 0.286 e. The van der Waals surface area contributed by atoms with E-state index < -0.39 is 5.92 Å². The molecule has 1 aliphatic carbocycles. The molecule has 1 amide bonds. The number of rotatable bonds is 5. The van der Waals surface area contributed by atoms with Crippen molar-refractivity contribution in [3.63, 3.8) is 0 Å². The Hall–Kier alpha value is -3.72. The van der Waals surface area contributed by atoms with Crippen molar-refractivity contribution in [2.75, 3.05) is 37.0 Å². The van der Waals surface area contributed by atoms with Crippen molar-refractivity contribution in [1.29, 1.82) is 0 Å². The number of carbonyl (C=O) groups is 2. The predicted octanol–water partition coefficient (Wildman–Crippen LogP) is 5.45. The van der Waals surface area contributed by atoms with Crippen LogP contribution in [0.15, 0.2) is 48.8 Å². The van der Waals surface area contributed by atoms with Crippen molar-refractivity contribution in [3.8, 4) is 11.1 Å². The van der Waals surface area contributed by atoms with Crippen LogP contribution in [0.1, 0.15) is 46.9 Å². The number of pyridine rings is 2. The Balaban J connectivity index is 0.000000217. The van der Waals surface area contributed by atoms with Gasteiger partial charge in [-0.2, -0.15) is 8.78 Å². The van der Waals surface area contributed by atoms with Crippen LogP contribution >= 0.6 is 0 Å². The molecule has 1 saturated heterocycles. The van der Waals surface area contributed by atoms with Crippen molar-refractivity contribution in [1.82, 2.24) is 9.97 Å². The van der Waals surface area contributed by atoms with Gasteiger partial charge in [0.15, 0.2) is 0 Å². The first-order valence-corrected chi connectivity index (χ1v) is 13.1. The maximum absolute atomic E-state index is 13.0. The molecule has 1 N–H and O–H groups in total. The number of carbonyl (C=O) groups excluding carboxylic acids is 2. The molecule has 9 heteroatoms. The Morgan fingerprint density at radius 2 is 1.87 bits per heavy atom.